The highest BCUT2D eigenvalue weighted by molar-refractivity contribution is 5.97. The highest BCUT2D eigenvalue weighted by Crippen LogP contribution is 2.20. The van der Waals surface area contributed by atoms with Crippen LogP contribution < -0.4 is 10.6 Å². The quantitative estimate of drug-likeness (QED) is 0.565. The van der Waals surface area contributed by atoms with Gasteiger partial charge in [0.1, 0.15) is 11.6 Å². The summed E-state index contributed by atoms with van der Waals surface area (Å²) in [4.78, 5) is 28.7. The van der Waals surface area contributed by atoms with Crippen molar-refractivity contribution in [2.24, 2.45) is 0 Å². The molecule has 2 amide bonds. The molecule has 3 N–H and O–H groups in total. The summed E-state index contributed by atoms with van der Waals surface area (Å²) in [5.74, 6) is -0.297. The van der Waals surface area contributed by atoms with Gasteiger partial charge in [-0.3, -0.25) is 4.79 Å². The van der Waals surface area contributed by atoms with Gasteiger partial charge >= 0.3 is 6.09 Å². The molecule has 0 aliphatic carbocycles. The van der Waals surface area contributed by atoms with Gasteiger partial charge in [-0.05, 0) is 69.5 Å². The van der Waals surface area contributed by atoms with Gasteiger partial charge in [-0.1, -0.05) is 24.3 Å². The smallest absolute Gasteiger partial charge is 0.408 e. The van der Waals surface area contributed by atoms with Crippen LogP contribution in [0.2, 0.25) is 0 Å². The van der Waals surface area contributed by atoms with E-state index in [0.717, 1.165) is 27.6 Å². The monoisotopic (exact) mass is 407 g/mol. The number of benzene rings is 2. The van der Waals surface area contributed by atoms with Crippen molar-refractivity contribution in [1.29, 1.82) is 0 Å². The van der Waals surface area contributed by atoms with Crippen LogP contribution in [0, 0.1) is 13.8 Å². The highest BCUT2D eigenvalue weighted by atomic mass is 16.6. The molecule has 1 atom stereocenters. The van der Waals surface area contributed by atoms with E-state index in [1.165, 1.54) is 0 Å². The number of amides is 2. The number of para-hydroxylation sites is 1. The average molecular weight is 408 g/mol. The van der Waals surface area contributed by atoms with E-state index in [4.69, 9.17) is 4.74 Å². The molecule has 158 valence electrons. The summed E-state index contributed by atoms with van der Waals surface area (Å²) < 4.78 is 5.37. The lowest BCUT2D eigenvalue weighted by Crippen LogP contribution is -2.47. The lowest BCUT2D eigenvalue weighted by molar-refractivity contribution is -0.118. The van der Waals surface area contributed by atoms with Crippen LogP contribution in [0.25, 0.3) is 10.9 Å². The first-order chi connectivity index (χ1) is 14.1. The standard InChI is InChI=1S/C24H29N3O3/c1-15-10-11-18(12-16(15)2)26-22(28)21(27-23(29)30-24(3,4)5)13-17-14-25-20-9-7-6-8-19(17)20/h6-12,14,21,25H,13H2,1-5H3,(H,26,28)(H,27,29). The van der Waals surface area contributed by atoms with E-state index in [0.29, 0.717) is 12.1 Å². The molecule has 30 heavy (non-hydrogen) atoms. The summed E-state index contributed by atoms with van der Waals surface area (Å²) in [5, 5.41) is 6.68. The fourth-order valence-corrected chi connectivity index (χ4v) is 3.23. The molecular weight excluding hydrogens is 378 g/mol. The van der Waals surface area contributed by atoms with E-state index in [2.05, 4.69) is 15.6 Å². The van der Waals surface area contributed by atoms with Gasteiger partial charge in [-0.2, -0.15) is 0 Å². The topological polar surface area (TPSA) is 83.2 Å². The number of anilines is 1. The zero-order valence-corrected chi connectivity index (χ0v) is 18.1. The summed E-state index contributed by atoms with van der Waals surface area (Å²) in [5.41, 5.74) is 4.20. The molecule has 0 radical (unpaired) electrons. The molecular formula is C24H29N3O3. The number of hydrogen-bond donors (Lipinski definition) is 3. The molecule has 6 heteroatoms. The second-order valence-electron chi connectivity index (χ2n) is 8.55. The van der Waals surface area contributed by atoms with Crippen LogP contribution in [0.1, 0.15) is 37.5 Å². The zero-order chi connectivity index (χ0) is 21.9. The Bertz CT molecular complexity index is 1060. The summed E-state index contributed by atoms with van der Waals surface area (Å²) in [6, 6.07) is 12.8. The minimum Gasteiger partial charge on any atom is -0.444 e. The first-order valence-corrected chi connectivity index (χ1v) is 10.0. The lowest BCUT2D eigenvalue weighted by Gasteiger charge is -2.23. The summed E-state index contributed by atoms with van der Waals surface area (Å²) in [6.07, 6.45) is 1.58. The number of ether oxygens (including phenoxy) is 1. The number of aromatic nitrogens is 1. The van der Waals surface area contributed by atoms with Crippen LogP contribution in [-0.4, -0.2) is 28.6 Å². The third-order valence-electron chi connectivity index (χ3n) is 4.88. The van der Waals surface area contributed by atoms with Crippen LogP contribution in [0.5, 0.6) is 0 Å². The number of carbonyl (C=O) groups excluding carboxylic acids is 2. The van der Waals surface area contributed by atoms with Gasteiger partial charge in [0.25, 0.3) is 0 Å². The molecule has 0 bridgehead atoms. The first-order valence-electron chi connectivity index (χ1n) is 10.0. The second kappa shape index (κ2) is 8.61. The van der Waals surface area contributed by atoms with E-state index < -0.39 is 17.7 Å². The first kappa shape index (κ1) is 21.4. The molecule has 1 heterocycles. The Kier molecular flexibility index (Phi) is 6.15. The van der Waals surface area contributed by atoms with Gasteiger partial charge in [-0.15, -0.1) is 0 Å². The number of carbonyl (C=O) groups is 2. The third kappa shape index (κ3) is 5.41. The fraction of sp³-hybridized carbons (Fsp3) is 0.333. The molecule has 1 unspecified atom stereocenters. The number of H-pyrrole nitrogens is 1. The van der Waals surface area contributed by atoms with Crippen LogP contribution in [0.15, 0.2) is 48.7 Å². The Labute approximate surface area is 177 Å². The Hall–Kier alpha value is -3.28. The Balaban J connectivity index is 1.83. The van der Waals surface area contributed by atoms with E-state index >= 15 is 0 Å². The number of fused-ring (bicyclic) bond motifs is 1. The van der Waals surface area contributed by atoms with Crippen LogP contribution in [0.3, 0.4) is 0 Å². The molecule has 3 rings (SSSR count). The number of nitrogens with one attached hydrogen (secondary N) is 3. The highest BCUT2D eigenvalue weighted by Gasteiger charge is 2.26. The van der Waals surface area contributed by atoms with Gasteiger partial charge in [0.2, 0.25) is 5.91 Å². The van der Waals surface area contributed by atoms with Crippen molar-refractivity contribution in [2.45, 2.75) is 52.7 Å². The number of aryl methyl sites for hydroxylation is 2. The SMILES string of the molecule is Cc1ccc(NC(=O)C(Cc2c[nH]c3ccccc23)NC(=O)OC(C)(C)C)cc1C. The van der Waals surface area contributed by atoms with Crippen molar-refractivity contribution < 1.29 is 14.3 Å². The van der Waals surface area contributed by atoms with Crippen LogP contribution >= 0.6 is 0 Å². The van der Waals surface area contributed by atoms with Crippen molar-refractivity contribution in [3.05, 3.63) is 65.4 Å². The summed E-state index contributed by atoms with van der Waals surface area (Å²) in [6.45, 7) is 9.38. The van der Waals surface area contributed by atoms with Gasteiger partial charge in [0.05, 0.1) is 0 Å². The maximum atomic E-state index is 13.1. The van der Waals surface area contributed by atoms with Crippen LogP contribution in [-0.2, 0) is 16.0 Å². The van der Waals surface area contributed by atoms with Crippen molar-refractivity contribution in [2.75, 3.05) is 5.32 Å². The molecule has 6 nitrogen and oxygen atoms in total. The number of aromatic amines is 1. The number of alkyl carbamates (subject to hydrolysis) is 1. The summed E-state index contributed by atoms with van der Waals surface area (Å²) >= 11 is 0. The normalized spacial score (nSPS) is 12.4. The molecule has 0 fully saturated rings. The van der Waals surface area contributed by atoms with E-state index in [1.54, 1.807) is 20.8 Å². The van der Waals surface area contributed by atoms with Crippen molar-refractivity contribution in [3.8, 4) is 0 Å². The maximum absolute atomic E-state index is 13.1. The van der Waals surface area contributed by atoms with Crippen molar-refractivity contribution in [1.82, 2.24) is 10.3 Å². The molecule has 2 aromatic carbocycles. The molecule has 0 saturated carbocycles. The van der Waals surface area contributed by atoms with Crippen LogP contribution in [0.4, 0.5) is 10.5 Å². The minimum absolute atomic E-state index is 0.297. The zero-order valence-electron chi connectivity index (χ0n) is 18.1. The molecule has 3 aromatic rings. The van der Waals surface area contributed by atoms with E-state index in [9.17, 15) is 9.59 Å². The van der Waals surface area contributed by atoms with E-state index in [-0.39, 0.29) is 5.91 Å². The third-order valence-corrected chi connectivity index (χ3v) is 4.88. The largest absolute Gasteiger partial charge is 0.444 e. The predicted octanol–water partition coefficient (Wildman–Crippen LogP) is 4.86. The Morgan fingerprint density at radius 2 is 1.80 bits per heavy atom. The van der Waals surface area contributed by atoms with Crippen molar-refractivity contribution >= 4 is 28.6 Å². The van der Waals surface area contributed by atoms with E-state index in [1.807, 2.05) is 62.5 Å². The maximum Gasteiger partial charge on any atom is 0.408 e. The predicted molar refractivity (Wildman–Crippen MR) is 120 cm³/mol. The van der Waals surface area contributed by atoms with Crippen molar-refractivity contribution in [3.63, 3.8) is 0 Å². The average Bonchev–Trinajstić information content (AvgIpc) is 3.06. The molecule has 0 spiro atoms. The summed E-state index contributed by atoms with van der Waals surface area (Å²) in [7, 11) is 0. The van der Waals surface area contributed by atoms with Gasteiger partial charge in [0.15, 0.2) is 0 Å². The minimum atomic E-state index is -0.791. The van der Waals surface area contributed by atoms with Gasteiger partial charge in [0, 0.05) is 29.2 Å². The molecule has 0 aliphatic rings. The lowest BCUT2D eigenvalue weighted by atomic mass is 10.0. The Morgan fingerprint density at radius 3 is 2.50 bits per heavy atom. The molecule has 0 aliphatic heterocycles. The van der Waals surface area contributed by atoms with Gasteiger partial charge < -0.3 is 20.4 Å². The Morgan fingerprint density at radius 1 is 1.07 bits per heavy atom. The van der Waals surface area contributed by atoms with Gasteiger partial charge in [-0.25, -0.2) is 4.79 Å². The number of hydrogen-bond acceptors (Lipinski definition) is 3. The second-order valence-corrected chi connectivity index (χ2v) is 8.55. The molecule has 0 saturated heterocycles. The fourth-order valence-electron chi connectivity index (χ4n) is 3.23. The number of rotatable bonds is 5. The molecule has 1 aromatic heterocycles.